The maximum atomic E-state index is 6.00. The van der Waals surface area contributed by atoms with E-state index in [1.807, 2.05) is 72.8 Å². The molecule has 1 heterocycles. The quantitative estimate of drug-likeness (QED) is 0.295. The number of hydrogen-bond donors (Lipinski definition) is 2. The van der Waals surface area contributed by atoms with Gasteiger partial charge in [-0.3, -0.25) is 10.9 Å². The van der Waals surface area contributed by atoms with Crippen molar-refractivity contribution >= 4 is 58.0 Å². The first-order chi connectivity index (χ1) is 14.7. The third-order valence-electron chi connectivity index (χ3n) is 4.15. The Morgan fingerprint density at radius 2 is 1.10 bits per heavy atom. The largest absolute Gasteiger partial charge is 0.259 e. The molecule has 3 aromatic carbocycles. The second-order valence-corrected chi connectivity index (χ2v) is 7.17. The first-order valence-electron chi connectivity index (χ1n) is 9.04. The van der Waals surface area contributed by atoms with E-state index in [0.717, 1.165) is 21.9 Å². The van der Waals surface area contributed by atoms with Crippen LogP contribution < -0.4 is 10.9 Å². The number of hydrogen-bond acceptors (Lipinski definition) is 6. The zero-order valence-electron chi connectivity index (χ0n) is 15.6. The molecule has 0 saturated heterocycles. The number of anilines is 2. The van der Waals surface area contributed by atoms with Crippen molar-refractivity contribution in [2.45, 2.75) is 0 Å². The molecule has 30 heavy (non-hydrogen) atoms. The van der Waals surface area contributed by atoms with Gasteiger partial charge in [0.25, 0.3) is 0 Å². The third kappa shape index (κ3) is 4.92. The highest BCUT2D eigenvalue weighted by atomic mass is 35.5. The van der Waals surface area contributed by atoms with E-state index in [4.69, 9.17) is 23.2 Å². The molecule has 0 spiro atoms. The number of nitrogens with one attached hydrogen (secondary N) is 2. The summed E-state index contributed by atoms with van der Waals surface area (Å²) >= 11 is 12.0. The summed E-state index contributed by atoms with van der Waals surface area (Å²) in [5, 5.41) is 20.0. The number of benzene rings is 3. The molecule has 0 fully saturated rings. The average Bonchev–Trinajstić information content (AvgIpc) is 2.75. The van der Waals surface area contributed by atoms with Crippen molar-refractivity contribution in [1.82, 2.24) is 10.2 Å². The summed E-state index contributed by atoms with van der Waals surface area (Å²) in [5.41, 5.74) is 7.64. The molecule has 148 valence electrons. The fourth-order valence-corrected chi connectivity index (χ4v) is 3.18. The van der Waals surface area contributed by atoms with Crippen molar-refractivity contribution in [2.24, 2.45) is 10.2 Å². The molecule has 0 aliphatic carbocycles. The maximum Gasteiger partial charge on any atom is 0.176 e. The van der Waals surface area contributed by atoms with Crippen LogP contribution in [0.2, 0.25) is 10.0 Å². The summed E-state index contributed by atoms with van der Waals surface area (Å²) in [6, 6.07) is 22.5. The Labute approximate surface area is 183 Å². The van der Waals surface area contributed by atoms with Crippen LogP contribution in [0.25, 0.3) is 10.8 Å². The Balaban J connectivity index is 1.54. The van der Waals surface area contributed by atoms with Gasteiger partial charge in [0, 0.05) is 20.8 Å². The second kappa shape index (κ2) is 9.35. The standard InChI is InChI=1S/C22H16Cl2N6/c23-17-7-3-5-15(11-17)13-25-27-21-19-9-1-2-10-20(19)22(30-29-21)28-26-14-16-6-4-8-18(24)12-16/h1-14H,(H,27,29)(H,28,30)/b25-13-,26-14+. The smallest absolute Gasteiger partial charge is 0.176 e. The van der Waals surface area contributed by atoms with Crippen LogP contribution in [0.1, 0.15) is 11.1 Å². The molecule has 2 N–H and O–H groups in total. The normalized spacial score (nSPS) is 11.4. The van der Waals surface area contributed by atoms with Crippen molar-refractivity contribution < 1.29 is 0 Å². The summed E-state index contributed by atoms with van der Waals surface area (Å²) in [5.74, 6) is 1.07. The SMILES string of the molecule is Clc1cccc(/C=N\Nc2nnc(N/N=C/c3cccc(Cl)c3)c3ccccc23)c1. The molecule has 4 aromatic rings. The van der Waals surface area contributed by atoms with Crippen molar-refractivity contribution in [3.63, 3.8) is 0 Å². The van der Waals surface area contributed by atoms with Crippen LogP contribution in [0, 0.1) is 0 Å². The average molecular weight is 435 g/mol. The predicted molar refractivity (Wildman–Crippen MR) is 125 cm³/mol. The van der Waals surface area contributed by atoms with Crippen LogP contribution in [-0.4, -0.2) is 22.6 Å². The van der Waals surface area contributed by atoms with Crippen molar-refractivity contribution in [3.05, 3.63) is 94.0 Å². The van der Waals surface area contributed by atoms with Crippen LogP contribution in [0.3, 0.4) is 0 Å². The minimum Gasteiger partial charge on any atom is -0.259 e. The van der Waals surface area contributed by atoms with Gasteiger partial charge in [-0.05, 0) is 35.4 Å². The lowest BCUT2D eigenvalue weighted by atomic mass is 10.2. The van der Waals surface area contributed by atoms with Gasteiger partial charge in [0.15, 0.2) is 11.6 Å². The maximum absolute atomic E-state index is 6.00. The van der Waals surface area contributed by atoms with Gasteiger partial charge in [0.1, 0.15) is 0 Å². The van der Waals surface area contributed by atoms with Gasteiger partial charge in [-0.15, -0.1) is 10.2 Å². The minimum absolute atomic E-state index is 0.535. The molecule has 0 aliphatic heterocycles. The number of fused-ring (bicyclic) bond motifs is 1. The molecule has 1 aromatic heterocycles. The van der Waals surface area contributed by atoms with Gasteiger partial charge >= 0.3 is 0 Å². The third-order valence-corrected chi connectivity index (χ3v) is 4.62. The fraction of sp³-hybridized carbons (Fsp3) is 0. The molecular formula is C22H16Cl2N6. The summed E-state index contributed by atoms with van der Waals surface area (Å²) in [6.45, 7) is 0. The fourth-order valence-electron chi connectivity index (χ4n) is 2.78. The van der Waals surface area contributed by atoms with Gasteiger partial charge in [0.05, 0.1) is 12.4 Å². The first-order valence-corrected chi connectivity index (χ1v) is 9.79. The molecule has 0 aliphatic rings. The van der Waals surface area contributed by atoms with E-state index in [2.05, 4.69) is 31.3 Å². The lowest BCUT2D eigenvalue weighted by Gasteiger charge is -2.08. The number of nitrogens with zero attached hydrogens (tertiary/aromatic N) is 4. The highest BCUT2D eigenvalue weighted by Gasteiger charge is 2.08. The van der Waals surface area contributed by atoms with E-state index < -0.39 is 0 Å². The molecule has 0 unspecified atom stereocenters. The number of aromatic nitrogens is 2. The zero-order valence-corrected chi connectivity index (χ0v) is 17.1. The lowest BCUT2D eigenvalue weighted by Crippen LogP contribution is -2.01. The zero-order chi connectivity index (χ0) is 20.8. The van der Waals surface area contributed by atoms with Crippen LogP contribution in [-0.2, 0) is 0 Å². The van der Waals surface area contributed by atoms with Gasteiger partial charge in [0.2, 0.25) is 0 Å². The number of halogens is 2. The highest BCUT2D eigenvalue weighted by Crippen LogP contribution is 2.26. The van der Waals surface area contributed by atoms with Gasteiger partial charge in [-0.2, -0.15) is 10.2 Å². The van der Waals surface area contributed by atoms with E-state index >= 15 is 0 Å². The molecule has 6 nitrogen and oxygen atoms in total. The number of hydrazone groups is 2. The molecule has 0 radical (unpaired) electrons. The van der Waals surface area contributed by atoms with Gasteiger partial charge in [-0.1, -0.05) is 71.7 Å². The Kier molecular flexibility index (Phi) is 6.17. The van der Waals surface area contributed by atoms with E-state index in [9.17, 15) is 0 Å². The van der Waals surface area contributed by atoms with Gasteiger partial charge in [-0.25, -0.2) is 0 Å². The topological polar surface area (TPSA) is 74.6 Å². The molecule has 0 atom stereocenters. The molecule has 4 rings (SSSR count). The van der Waals surface area contributed by atoms with Crippen molar-refractivity contribution in [1.29, 1.82) is 0 Å². The van der Waals surface area contributed by atoms with E-state index in [1.54, 1.807) is 12.4 Å². The Bertz CT molecular complexity index is 1140. The highest BCUT2D eigenvalue weighted by molar-refractivity contribution is 6.31. The summed E-state index contributed by atoms with van der Waals surface area (Å²) in [7, 11) is 0. The van der Waals surface area contributed by atoms with E-state index in [1.165, 1.54) is 0 Å². The molecule has 0 saturated carbocycles. The monoisotopic (exact) mass is 434 g/mol. The second-order valence-electron chi connectivity index (χ2n) is 6.29. The summed E-state index contributed by atoms with van der Waals surface area (Å²) < 4.78 is 0. The van der Waals surface area contributed by atoms with Crippen molar-refractivity contribution in [2.75, 3.05) is 10.9 Å². The van der Waals surface area contributed by atoms with Crippen LogP contribution in [0.15, 0.2) is 83.0 Å². The van der Waals surface area contributed by atoms with Crippen LogP contribution in [0.5, 0.6) is 0 Å². The molecular weight excluding hydrogens is 419 g/mol. The molecule has 0 bridgehead atoms. The number of rotatable bonds is 6. The molecule has 8 heteroatoms. The van der Waals surface area contributed by atoms with E-state index in [-0.39, 0.29) is 0 Å². The van der Waals surface area contributed by atoms with E-state index in [0.29, 0.717) is 21.7 Å². The summed E-state index contributed by atoms with van der Waals surface area (Å²) in [4.78, 5) is 0. The summed E-state index contributed by atoms with van der Waals surface area (Å²) in [6.07, 6.45) is 3.34. The van der Waals surface area contributed by atoms with Crippen LogP contribution >= 0.6 is 23.2 Å². The Morgan fingerprint density at radius 1 is 0.633 bits per heavy atom. The Hall–Kier alpha value is -3.48. The van der Waals surface area contributed by atoms with Gasteiger partial charge < -0.3 is 0 Å². The minimum atomic E-state index is 0.535. The Morgan fingerprint density at radius 3 is 1.53 bits per heavy atom. The first kappa shape index (κ1) is 19.8. The predicted octanol–water partition coefficient (Wildman–Crippen LogP) is 5.83. The van der Waals surface area contributed by atoms with Crippen molar-refractivity contribution in [3.8, 4) is 0 Å². The molecule has 0 amide bonds. The lowest BCUT2D eigenvalue weighted by molar-refractivity contribution is 1.03. The van der Waals surface area contributed by atoms with Crippen LogP contribution in [0.4, 0.5) is 11.6 Å².